The summed E-state index contributed by atoms with van der Waals surface area (Å²) in [6.45, 7) is 0. The molecule has 0 radical (unpaired) electrons. The standard InChI is InChI=1S/C12H13FN4/c13-11-6-10(16-9-2-1-3-9)4-5-12(11)17-8-14-7-15-17/h4-9,16H,1-3H2. The van der Waals surface area contributed by atoms with E-state index in [-0.39, 0.29) is 5.82 Å². The second-order valence-corrected chi connectivity index (χ2v) is 4.28. The number of aromatic nitrogens is 3. The first-order valence-electron chi connectivity index (χ1n) is 5.74. The summed E-state index contributed by atoms with van der Waals surface area (Å²) >= 11 is 0. The first-order valence-corrected chi connectivity index (χ1v) is 5.74. The van der Waals surface area contributed by atoms with Gasteiger partial charge in [0.2, 0.25) is 0 Å². The second kappa shape index (κ2) is 4.16. The highest BCUT2D eigenvalue weighted by atomic mass is 19.1. The molecule has 0 bridgehead atoms. The Kier molecular flexibility index (Phi) is 2.51. The van der Waals surface area contributed by atoms with Gasteiger partial charge in [0.05, 0.1) is 0 Å². The third-order valence-corrected chi connectivity index (χ3v) is 3.09. The maximum Gasteiger partial charge on any atom is 0.150 e. The fourth-order valence-electron chi connectivity index (χ4n) is 1.90. The molecule has 0 spiro atoms. The smallest absolute Gasteiger partial charge is 0.150 e. The van der Waals surface area contributed by atoms with Crippen LogP contribution in [0.3, 0.4) is 0 Å². The van der Waals surface area contributed by atoms with Crippen molar-refractivity contribution in [3.8, 4) is 5.69 Å². The SMILES string of the molecule is Fc1cc(NC2CCC2)ccc1-n1cncn1. The Morgan fingerprint density at radius 1 is 1.35 bits per heavy atom. The molecule has 1 aliphatic rings. The number of nitrogens with one attached hydrogen (secondary N) is 1. The van der Waals surface area contributed by atoms with Gasteiger partial charge >= 0.3 is 0 Å². The topological polar surface area (TPSA) is 42.7 Å². The molecule has 1 aromatic carbocycles. The largest absolute Gasteiger partial charge is 0.382 e. The average molecular weight is 232 g/mol. The number of halogens is 1. The molecular formula is C12H13FN4. The van der Waals surface area contributed by atoms with Crippen molar-refractivity contribution < 1.29 is 4.39 Å². The summed E-state index contributed by atoms with van der Waals surface area (Å²) < 4.78 is 15.3. The van der Waals surface area contributed by atoms with E-state index in [1.807, 2.05) is 6.07 Å². The highest BCUT2D eigenvalue weighted by molar-refractivity contribution is 5.50. The molecule has 4 nitrogen and oxygen atoms in total. The maximum absolute atomic E-state index is 13.9. The molecule has 0 saturated heterocycles. The molecule has 5 heteroatoms. The third-order valence-electron chi connectivity index (χ3n) is 3.09. The number of anilines is 1. The Morgan fingerprint density at radius 3 is 2.82 bits per heavy atom. The van der Waals surface area contributed by atoms with Gasteiger partial charge in [-0.05, 0) is 37.5 Å². The first kappa shape index (κ1) is 10.3. The summed E-state index contributed by atoms with van der Waals surface area (Å²) in [5, 5.41) is 7.22. The first-order chi connectivity index (χ1) is 8.33. The van der Waals surface area contributed by atoms with E-state index >= 15 is 0 Å². The van der Waals surface area contributed by atoms with Crippen LogP contribution in [-0.4, -0.2) is 20.8 Å². The van der Waals surface area contributed by atoms with Crippen molar-refractivity contribution in [3.05, 3.63) is 36.7 Å². The lowest BCUT2D eigenvalue weighted by Gasteiger charge is -2.27. The third kappa shape index (κ3) is 2.00. The monoisotopic (exact) mass is 232 g/mol. The van der Waals surface area contributed by atoms with E-state index in [1.165, 1.54) is 42.7 Å². The van der Waals surface area contributed by atoms with Crippen molar-refractivity contribution in [3.63, 3.8) is 0 Å². The minimum absolute atomic E-state index is 0.292. The molecule has 1 heterocycles. The Bertz CT molecular complexity index is 505. The summed E-state index contributed by atoms with van der Waals surface area (Å²) in [6, 6.07) is 5.60. The lowest BCUT2D eigenvalue weighted by molar-refractivity contribution is 0.445. The molecular weight excluding hydrogens is 219 g/mol. The van der Waals surface area contributed by atoms with E-state index in [1.54, 1.807) is 6.07 Å². The van der Waals surface area contributed by atoms with E-state index in [4.69, 9.17) is 0 Å². The Labute approximate surface area is 98.5 Å². The van der Waals surface area contributed by atoms with Gasteiger partial charge < -0.3 is 5.32 Å². The highest BCUT2D eigenvalue weighted by Crippen LogP contribution is 2.24. The molecule has 0 aliphatic heterocycles. The van der Waals surface area contributed by atoms with Gasteiger partial charge in [-0.1, -0.05) is 0 Å². The summed E-state index contributed by atoms with van der Waals surface area (Å²) in [5.41, 5.74) is 1.25. The van der Waals surface area contributed by atoms with Crippen molar-refractivity contribution in [2.24, 2.45) is 0 Å². The number of hydrogen-bond acceptors (Lipinski definition) is 3. The summed E-state index contributed by atoms with van der Waals surface area (Å²) in [5.74, 6) is -0.292. The fourth-order valence-corrected chi connectivity index (χ4v) is 1.90. The van der Waals surface area contributed by atoms with Crippen molar-refractivity contribution in [2.75, 3.05) is 5.32 Å². The van der Waals surface area contributed by atoms with Crippen molar-refractivity contribution >= 4 is 5.69 Å². The van der Waals surface area contributed by atoms with Gasteiger partial charge in [0, 0.05) is 11.7 Å². The van der Waals surface area contributed by atoms with Crippen molar-refractivity contribution in [2.45, 2.75) is 25.3 Å². The van der Waals surface area contributed by atoms with Gasteiger partial charge in [-0.3, -0.25) is 0 Å². The lowest BCUT2D eigenvalue weighted by Crippen LogP contribution is -2.26. The molecule has 3 rings (SSSR count). The molecule has 0 unspecified atom stereocenters. The molecule has 17 heavy (non-hydrogen) atoms. The maximum atomic E-state index is 13.9. The van der Waals surface area contributed by atoms with Crippen LogP contribution in [0, 0.1) is 5.82 Å². The normalized spacial score (nSPS) is 15.6. The number of nitrogens with zero attached hydrogens (tertiary/aromatic N) is 3. The summed E-state index contributed by atoms with van der Waals surface area (Å²) in [4.78, 5) is 3.80. The summed E-state index contributed by atoms with van der Waals surface area (Å²) in [6.07, 6.45) is 6.48. The Hall–Kier alpha value is -1.91. The molecule has 1 saturated carbocycles. The molecule has 1 N–H and O–H groups in total. The van der Waals surface area contributed by atoms with Gasteiger partial charge in [-0.2, -0.15) is 5.10 Å². The van der Waals surface area contributed by atoms with Crippen LogP contribution in [0.5, 0.6) is 0 Å². The van der Waals surface area contributed by atoms with E-state index in [9.17, 15) is 4.39 Å². The molecule has 88 valence electrons. The minimum atomic E-state index is -0.292. The molecule has 1 aromatic heterocycles. The molecule has 0 atom stereocenters. The molecule has 2 aromatic rings. The number of rotatable bonds is 3. The van der Waals surface area contributed by atoms with Crippen LogP contribution in [0.2, 0.25) is 0 Å². The zero-order chi connectivity index (χ0) is 11.7. The Morgan fingerprint density at radius 2 is 2.24 bits per heavy atom. The number of hydrogen-bond donors (Lipinski definition) is 1. The quantitative estimate of drug-likeness (QED) is 0.883. The van der Waals surface area contributed by atoms with Gasteiger partial charge in [0.1, 0.15) is 18.3 Å². The highest BCUT2D eigenvalue weighted by Gasteiger charge is 2.17. The second-order valence-electron chi connectivity index (χ2n) is 4.28. The van der Waals surface area contributed by atoms with Gasteiger partial charge in [0.15, 0.2) is 5.82 Å². The molecule has 1 fully saturated rings. The van der Waals surface area contributed by atoms with Crippen molar-refractivity contribution in [1.82, 2.24) is 14.8 Å². The van der Waals surface area contributed by atoms with Gasteiger partial charge in [-0.15, -0.1) is 0 Å². The molecule has 0 amide bonds. The van der Waals surface area contributed by atoms with Crippen LogP contribution in [0.25, 0.3) is 5.69 Å². The minimum Gasteiger partial charge on any atom is -0.382 e. The number of benzene rings is 1. The van der Waals surface area contributed by atoms with Crippen LogP contribution in [0.1, 0.15) is 19.3 Å². The van der Waals surface area contributed by atoms with E-state index in [0.717, 1.165) is 5.69 Å². The van der Waals surface area contributed by atoms with E-state index in [2.05, 4.69) is 15.4 Å². The van der Waals surface area contributed by atoms with Crippen LogP contribution in [-0.2, 0) is 0 Å². The average Bonchev–Trinajstić information content (AvgIpc) is 2.77. The van der Waals surface area contributed by atoms with Gasteiger partial charge in [-0.25, -0.2) is 14.1 Å². The van der Waals surface area contributed by atoms with Crippen LogP contribution >= 0.6 is 0 Å². The van der Waals surface area contributed by atoms with E-state index < -0.39 is 0 Å². The van der Waals surface area contributed by atoms with Crippen molar-refractivity contribution in [1.29, 1.82) is 0 Å². The van der Waals surface area contributed by atoms with Gasteiger partial charge in [0.25, 0.3) is 0 Å². The Balaban J connectivity index is 1.83. The zero-order valence-corrected chi connectivity index (χ0v) is 9.31. The lowest BCUT2D eigenvalue weighted by atomic mass is 9.93. The van der Waals surface area contributed by atoms with E-state index in [0.29, 0.717) is 11.7 Å². The zero-order valence-electron chi connectivity index (χ0n) is 9.31. The summed E-state index contributed by atoms with van der Waals surface area (Å²) in [7, 11) is 0. The fraction of sp³-hybridized carbons (Fsp3) is 0.333. The predicted molar refractivity (Wildman–Crippen MR) is 62.6 cm³/mol. The van der Waals surface area contributed by atoms with Crippen LogP contribution in [0.15, 0.2) is 30.9 Å². The molecule has 1 aliphatic carbocycles. The van der Waals surface area contributed by atoms with Crippen LogP contribution in [0.4, 0.5) is 10.1 Å². The predicted octanol–water partition coefficient (Wildman–Crippen LogP) is 2.37. The van der Waals surface area contributed by atoms with Crippen LogP contribution < -0.4 is 5.32 Å².